The topological polar surface area (TPSA) is 42.5 Å². The van der Waals surface area contributed by atoms with Gasteiger partial charge in [0.05, 0.1) is 18.0 Å². The van der Waals surface area contributed by atoms with Gasteiger partial charge in [-0.2, -0.15) is 5.10 Å². The van der Waals surface area contributed by atoms with Crippen LogP contribution in [0.2, 0.25) is 0 Å². The van der Waals surface area contributed by atoms with Crippen LogP contribution in [0.1, 0.15) is 18.1 Å². The molecule has 144 valence electrons. The fraction of sp³-hybridized carbons (Fsp3) is 0.0870. The maximum atomic E-state index is 14.5. The number of pyridine rings is 1. The molecule has 6 heteroatoms. The lowest BCUT2D eigenvalue weighted by Crippen LogP contribution is -2.14. The Balaban J connectivity index is 1.83. The summed E-state index contributed by atoms with van der Waals surface area (Å²) in [6.07, 6.45) is 3.45. The van der Waals surface area contributed by atoms with E-state index < -0.39 is 0 Å². The van der Waals surface area contributed by atoms with E-state index in [9.17, 15) is 4.39 Å². The molecule has 0 saturated heterocycles. The van der Waals surface area contributed by atoms with Crippen LogP contribution in [0.5, 0.6) is 0 Å². The van der Waals surface area contributed by atoms with E-state index in [2.05, 4.69) is 4.98 Å². The quantitative estimate of drug-likeness (QED) is 0.427. The van der Waals surface area contributed by atoms with Gasteiger partial charge in [-0.25, -0.2) is 9.07 Å². The molecule has 4 nitrogen and oxygen atoms in total. The third-order valence-electron chi connectivity index (χ3n) is 4.42. The second-order valence-corrected chi connectivity index (χ2v) is 7.25. The number of nitrogens with zero attached hydrogens (tertiary/aromatic N) is 4. The summed E-state index contributed by atoms with van der Waals surface area (Å²) in [7, 11) is 0. The fourth-order valence-corrected chi connectivity index (χ4v) is 3.72. The third kappa shape index (κ3) is 4.38. The first-order valence-corrected chi connectivity index (χ1v) is 10.1. The molecular weight excluding hydrogens is 383 g/mol. The van der Waals surface area contributed by atoms with Crippen molar-refractivity contribution < 1.29 is 4.39 Å². The van der Waals surface area contributed by atoms with Crippen molar-refractivity contribution in [1.82, 2.24) is 9.66 Å². The maximum absolute atomic E-state index is 14.5. The summed E-state index contributed by atoms with van der Waals surface area (Å²) in [6.45, 7) is 2.45. The second kappa shape index (κ2) is 8.75. The first-order chi connectivity index (χ1) is 14.2. The normalized spacial score (nSPS) is 12.3. The highest BCUT2D eigenvalue weighted by atomic mass is 32.1. The number of rotatable bonds is 5. The number of hydrogen-bond donors (Lipinski definition) is 0. The van der Waals surface area contributed by atoms with Gasteiger partial charge in [0.15, 0.2) is 0 Å². The molecule has 2 heterocycles. The van der Waals surface area contributed by atoms with Crippen molar-refractivity contribution in [2.75, 3.05) is 0 Å². The van der Waals surface area contributed by atoms with Gasteiger partial charge in [-0.05, 0) is 36.8 Å². The van der Waals surface area contributed by atoms with Crippen molar-refractivity contribution >= 4 is 17.0 Å². The second-order valence-electron chi connectivity index (χ2n) is 6.42. The Morgan fingerprint density at radius 1 is 1.00 bits per heavy atom. The molecule has 0 bridgehead atoms. The lowest BCUT2D eigenvalue weighted by atomic mass is 10.1. The predicted octanol–water partition coefficient (Wildman–Crippen LogP) is 5.12. The molecule has 0 saturated carbocycles. The van der Waals surface area contributed by atoms with Crippen molar-refractivity contribution in [3.8, 4) is 11.3 Å². The first-order valence-electron chi connectivity index (χ1n) is 9.18. The summed E-state index contributed by atoms with van der Waals surface area (Å²) >= 11 is 1.45. The van der Waals surface area contributed by atoms with Crippen molar-refractivity contribution in [3.63, 3.8) is 0 Å². The molecule has 0 aliphatic rings. The van der Waals surface area contributed by atoms with E-state index in [-0.39, 0.29) is 5.82 Å². The lowest BCUT2D eigenvalue weighted by molar-refractivity contribution is 0.629. The summed E-state index contributed by atoms with van der Waals surface area (Å²) < 4.78 is 16.2. The Labute approximate surface area is 172 Å². The molecule has 0 spiro atoms. The Kier molecular flexibility index (Phi) is 5.72. The number of benzene rings is 2. The van der Waals surface area contributed by atoms with Gasteiger partial charge in [0, 0.05) is 28.9 Å². The molecule has 0 unspecified atom stereocenters. The number of aromatic nitrogens is 2. The standard InChI is InChI=1S/C23H19FN4S/c1-17(19-11-13-25-14-12-19)27-28-22(20-9-5-6-10-21(20)24)16-29-23(28)26-15-18-7-3-2-4-8-18/h2-14,16H,15H2,1H3/b26-23?,27-17-. The fourth-order valence-electron chi connectivity index (χ4n) is 2.90. The largest absolute Gasteiger partial charge is 0.265 e. The molecule has 4 aromatic rings. The molecular formula is C23H19FN4S. The van der Waals surface area contributed by atoms with Gasteiger partial charge in [-0.1, -0.05) is 42.5 Å². The zero-order valence-electron chi connectivity index (χ0n) is 15.9. The van der Waals surface area contributed by atoms with E-state index in [4.69, 9.17) is 10.1 Å². The summed E-state index contributed by atoms with van der Waals surface area (Å²) in [5.41, 5.74) is 4.02. The SMILES string of the molecule is C/C(=N/n1c(-c2ccccc2F)csc1=NCc1ccccc1)c1ccncc1. The molecule has 0 atom stereocenters. The molecule has 29 heavy (non-hydrogen) atoms. The highest BCUT2D eigenvalue weighted by Gasteiger charge is 2.12. The van der Waals surface area contributed by atoms with Crippen LogP contribution in [0.4, 0.5) is 4.39 Å². The maximum Gasteiger partial charge on any atom is 0.206 e. The Hall–Kier alpha value is -3.38. The zero-order chi connectivity index (χ0) is 20.1. The lowest BCUT2D eigenvalue weighted by Gasteiger charge is -2.07. The van der Waals surface area contributed by atoms with Crippen LogP contribution in [0.15, 0.2) is 94.6 Å². The third-order valence-corrected chi connectivity index (χ3v) is 5.28. The van der Waals surface area contributed by atoms with E-state index >= 15 is 0 Å². The van der Waals surface area contributed by atoms with Crippen molar-refractivity contribution in [3.05, 3.63) is 106 Å². The van der Waals surface area contributed by atoms with Crippen LogP contribution < -0.4 is 4.80 Å². The van der Waals surface area contributed by atoms with E-state index in [0.29, 0.717) is 22.6 Å². The molecule has 0 radical (unpaired) electrons. The van der Waals surface area contributed by atoms with Crippen LogP contribution in [0.25, 0.3) is 11.3 Å². The molecule has 0 amide bonds. The Bertz CT molecular complexity index is 1190. The Morgan fingerprint density at radius 3 is 2.48 bits per heavy atom. The van der Waals surface area contributed by atoms with Crippen LogP contribution in [-0.2, 0) is 6.54 Å². The van der Waals surface area contributed by atoms with Crippen LogP contribution in [-0.4, -0.2) is 15.4 Å². The molecule has 0 aliphatic carbocycles. The molecule has 4 rings (SSSR count). The van der Waals surface area contributed by atoms with Gasteiger partial charge in [0.1, 0.15) is 5.82 Å². The monoisotopic (exact) mass is 402 g/mol. The Morgan fingerprint density at radius 2 is 1.72 bits per heavy atom. The van der Waals surface area contributed by atoms with Crippen LogP contribution in [0.3, 0.4) is 0 Å². The van der Waals surface area contributed by atoms with Gasteiger partial charge >= 0.3 is 0 Å². The molecule has 2 aromatic heterocycles. The molecule has 0 N–H and O–H groups in total. The van der Waals surface area contributed by atoms with Crippen LogP contribution in [0, 0.1) is 5.82 Å². The van der Waals surface area contributed by atoms with Gasteiger partial charge in [-0.15, -0.1) is 11.3 Å². The van der Waals surface area contributed by atoms with Gasteiger partial charge in [0.2, 0.25) is 4.80 Å². The van der Waals surface area contributed by atoms with Crippen molar-refractivity contribution in [2.45, 2.75) is 13.5 Å². The number of hydrogen-bond acceptors (Lipinski definition) is 4. The van der Waals surface area contributed by atoms with Gasteiger partial charge < -0.3 is 0 Å². The van der Waals surface area contributed by atoms with Gasteiger partial charge in [0.25, 0.3) is 0 Å². The average molecular weight is 402 g/mol. The summed E-state index contributed by atoms with van der Waals surface area (Å²) in [6, 6.07) is 20.5. The van der Waals surface area contributed by atoms with Crippen molar-refractivity contribution in [2.24, 2.45) is 10.1 Å². The van der Waals surface area contributed by atoms with E-state index in [0.717, 1.165) is 16.8 Å². The predicted molar refractivity (Wildman–Crippen MR) is 115 cm³/mol. The minimum absolute atomic E-state index is 0.287. The smallest absolute Gasteiger partial charge is 0.206 e. The van der Waals surface area contributed by atoms with E-state index in [1.165, 1.54) is 17.4 Å². The minimum atomic E-state index is -0.287. The van der Waals surface area contributed by atoms with Crippen molar-refractivity contribution in [1.29, 1.82) is 0 Å². The molecule has 0 aliphatic heterocycles. The average Bonchev–Trinajstić information content (AvgIpc) is 3.16. The van der Waals surface area contributed by atoms with E-state index in [1.54, 1.807) is 29.2 Å². The van der Waals surface area contributed by atoms with Gasteiger partial charge in [-0.3, -0.25) is 9.98 Å². The first kappa shape index (κ1) is 19.0. The summed E-state index contributed by atoms with van der Waals surface area (Å²) in [5, 5.41) is 6.67. The highest BCUT2D eigenvalue weighted by Crippen LogP contribution is 2.23. The number of thiazole rings is 1. The minimum Gasteiger partial charge on any atom is -0.265 e. The van der Waals surface area contributed by atoms with Crippen LogP contribution >= 0.6 is 11.3 Å². The summed E-state index contributed by atoms with van der Waals surface area (Å²) in [5.74, 6) is -0.287. The molecule has 2 aromatic carbocycles. The molecule has 0 fully saturated rings. The highest BCUT2D eigenvalue weighted by molar-refractivity contribution is 7.07. The zero-order valence-corrected chi connectivity index (χ0v) is 16.7. The van der Waals surface area contributed by atoms with E-state index in [1.807, 2.05) is 60.8 Å². The number of halogens is 1. The summed E-state index contributed by atoms with van der Waals surface area (Å²) in [4.78, 5) is 9.50.